The molecule has 0 bridgehead atoms. The number of carbonyl (C=O) groups is 3. The summed E-state index contributed by atoms with van der Waals surface area (Å²) < 4.78 is 16.9. The van der Waals surface area contributed by atoms with E-state index in [2.05, 4.69) is 57.2 Å². The molecular formula is C66H122O6. The molecule has 0 atom stereocenters. The standard InChI is InChI=1S/C66H122O6/c1-4-7-10-13-16-19-22-25-28-31-34-37-40-43-46-49-52-55-58-64(67)70-61-63(72-66(69)60-57-54-51-48-45-42-39-36-33-30-27-24-21-18-15-12-9-6-3)62-71-65(68)59-56-53-50-47-44-41-38-35-32-29-26-23-20-17-14-11-8-5-2/h28-33,63H,4-27,34-62H2,1-3H3/b31-28-,32-29-,33-30-. The maximum absolute atomic E-state index is 12.9. The summed E-state index contributed by atoms with van der Waals surface area (Å²) in [5.74, 6) is -0.865. The van der Waals surface area contributed by atoms with Crippen molar-refractivity contribution in [1.82, 2.24) is 0 Å². The second kappa shape index (κ2) is 61.2. The van der Waals surface area contributed by atoms with Crippen LogP contribution in [-0.4, -0.2) is 37.2 Å². The molecule has 6 heteroatoms. The van der Waals surface area contributed by atoms with Crippen molar-refractivity contribution >= 4 is 17.9 Å². The van der Waals surface area contributed by atoms with Gasteiger partial charge in [-0.1, -0.05) is 269 Å². The van der Waals surface area contributed by atoms with Crippen molar-refractivity contribution in [2.24, 2.45) is 0 Å². The van der Waals surface area contributed by atoms with Gasteiger partial charge in [-0.05, 0) is 96.3 Å². The molecule has 0 radical (unpaired) electrons. The fraction of sp³-hybridized carbons (Fsp3) is 0.864. The van der Waals surface area contributed by atoms with E-state index in [1.807, 2.05) is 0 Å². The minimum absolute atomic E-state index is 0.0748. The molecule has 0 saturated heterocycles. The van der Waals surface area contributed by atoms with E-state index in [9.17, 15) is 14.4 Å². The Hall–Kier alpha value is -2.37. The van der Waals surface area contributed by atoms with E-state index in [1.165, 1.54) is 250 Å². The van der Waals surface area contributed by atoms with E-state index in [-0.39, 0.29) is 31.1 Å². The highest BCUT2D eigenvalue weighted by Gasteiger charge is 2.19. The maximum atomic E-state index is 12.9. The highest BCUT2D eigenvalue weighted by atomic mass is 16.6. The quantitative estimate of drug-likeness (QED) is 0.0261. The molecule has 0 aromatic rings. The lowest BCUT2D eigenvalue weighted by molar-refractivity contribution is -0.167. The van der Waals surface area contributed by atoms with Gasteiger partial charge >= 0.3 is 17.9 Å². The minimum Gasteiger partial charge on any atom is -0.462 e. The highest BCUT2D eigenvalue weighted by molar-refractivity contribution is 5.71. The zero-order chi connectivity index (χ0) is 52.2. The van der Waals surface area contributed by atoms with Crippen molar-refractivity contribution in [3.63, 3.8) is 0 Å². The van der Waals surface area contributed by atoms with Crippen molar-refractivity contribution in [2.45, 2.75) is 354 Å². The first-order valence-corrected chi connectivity index (χ1v) is 32.0. The van der Waals surface area contributed by atoms with E-state index in [0.717, 1.165) is 57.8 Å². The Morgan fingerprint density at radius 2 is 0.458 bits per heavy atom. The highest BCUT2D eigenvalue weighted by Crippen LogP contribution is 2.16. The van der Waals surface area contributed by atoms with Gasteiger partial charge in [-0.2, -0.15) is 0 Å². The van der Waals surface area contributed by atoms with Crippen LogP contribution in [0.1, 0.15) is 348 Å². The number of ether oxygens (including phenoxy) is 3. The molecule has 0 aliphatic carbocycles. The van der Waals surface area contributed by atoms with Gasteiger partial charge in [0.25, 0.3) is 0 Å². The van der Waals surface area contributed by atoms with Crippen LogP contribution in [0.4, 0.5) is 0 Å². The Kier molecular flexibility index (Phi) is 59.2. The summed E-state index contributed by atoms with van der Waals surface area (Å²) in [5, 5.41) is 0. The van der Waals surface area contributed by atoms with Crippen LogP contribution in [0.2, 0.25) is 0 Å². The van der Waals surface area contributed by atoms with Gasteiger partial charge in [-0.25, -0.2) is 0 Å². The van der Waals surface area contributed by atoms with Crippen LogP contribution in [0, 0.1) is 0 Å². The summed E-state index contributed by atoms with van der Waals surface area (Å²) >= 11 is 0. The molecule has 0 spiro atoms. The Morgan fingerprint density at radius 1 is 0.264 bits per heavy atom. The van der Waals surface area contributed by atoms with Gasteiger partial charge in [0.2, 0.25) is 0 Å². The fourth-order valence-electron chi connectivity index (χ4n) is 9.49. The molecule has 0 aromatic carbocycles. The van der Waals surface area contributed by atoms with E-state index in [0.29, 0.717) is 19.3 Å². The normalized spacial score (nSPS) is 11.8. The van der Waals surface area contributed by atoms with Crippen LogP contribution in [0.3, 0.4) is 0 Å². The summed E-state index contributed by atoms with van der Waals surface area (Å²) in [6.07, 6.45) is 74.3. The smallest absolute Gasteiger partial charge is 0.306 e. The summed E-state index contributed by atoms with van der Waals surface area (Å²) in [5.41, 5.74) is 0. The lowest BCUT2D eigenvalue weighted by Crippen LogP contribution is -2.30. The zero-order valence-electron chi connectivity index (χ0n) is 48.5. The SMILES string of the molecule is CCCCCCCCC/C=C\CCCCCCCCCC(=O)OCC(COC(=O)CCCCCCCCC/C=C\CCCCCCCCC)OC(=O)CCCCCCCCC/C=C\CCCCCCCCC. The second-order valence-electron chi connectivity index (χ2n) is 21.7. The lowest BCUT2D eigenvalue weighted by atomic mass is 10.1. The number of allylic oxidation sites excluding steroid dienone is 6. The molecule has 0 aliphatic rings. The van der Waals surface area contributed by atoms with Gasteiger partial charge in [0.15, 0.2) is 6.10 Å². The summed E-state index contributed by atoms with van der Waals surface area (Å²) in [4.78, 5) is 38.3. The molecule has 0 saturated carbocycles. The monoisotopic (exact) mass is 1010 g/mol. The van der Waals surface area contributed by atoms with Gasteiger partial charge < -0.3 is 14.2 Å². The molecular weight excluding hydrogens is 889 g/mol. The molecule has 72 heavy (non-hydrogen) atoms. The summed E-state index contributed by atoms with van der Waals surface area (Å²) in [6.45, 7) is 6.68. The molecule has 0 unspecified atom stereocenters. The summed E-state index contributed by atoms with van der Waals surface area (Å²) in [7, 11) is 0. The Balaban J connectivity index is 4.36. The first-order chi connectivity index (χ1) is 35.5. The Morgan fingerprint density at radius 3 is 0.694 bits per heavy atom. The van der Waals surface area contributed by atoms with Crippen LogP contribution in [-0.2, 0) is 28.6 Å². The van der Waals surface area contributed by atoms with Crippen molar-refractivity contribution < 1.29 is 28.6 Å². The predicted octanol–water partition coefficient (Wildman–Crippen LogP) is 21.6. The van der Waals surface area contributed by atoms with Gasteiger partial charge in [0, 0.05) is 19.3 Å². The molecule has 422 valence electrons. The number of esters is 3. The van der Waals surface area contributed by atoms with Crippen LogP contribution < -0.4 is 0 Å². The van der Waals surface area contributed by atoms with Crippen molar-refractivity contribution in [3.05, 3.63) is 36.5 Å². The first kappa shape index (κ1) is 69.6. The van der Waals surface area contributed by atoms with E-state index < -0.39 is 6.10 Å². The third kappa shape index (κ3) is 58.5. The molecule has 0 amide bonds. The number of carbonyl (C=O) groups excluding carboxylic acids is 3. The van der Waals surface area contributed by atoms with Crippen LogP contribution in [0.15, 0.2) is 36.5 Å². The van der Waals surface area contributed by atoms with E-state index in [4.69, 9.17) is 14.2 Å². The second-order valence-corrected chi connectivity index (χ2v) is 21.7. The fourth-order valence-corrected chi connectivity index (χ4v) is 9.49. The number of hydrogen-bond donors (Lipinski definition) is 0. The molecule has 0 fully saturated rings. The average molecular weight is 1010 g/mol. The lowest BCUT2D eigenvalue weighted by Gasteiger charge is -2.18. The van der Waals surface area contributed by atoms with E-state index in [1.54, 1.807) is 0 Å². The van der Waals surface area contributed by atoms with Crippen LogP contribution >= 0.6 is 0 Å². The molecule has 0 aromatic heterocycles. The zero-order valence-corrected chi connectivity index (χ0v) is 48.5. The number of rotatable bonds is 59. The minimum atomic E-state index is -0.777. The average Bonchev–Trinajstić information content (AvgIpc) is 3.38. The Bertz CT molecular complexity index is 1140. The third-order valence-corrected chi connectivity index (χ3v) is 14.3. The van der Waals surface area contributed by atoms with Gasteiger partial charge in [-0.15, -0.1) is 0 Å². The van der Waals surface area contributed by atoms with Crippen molar-refractivity contribution in [3.8, 4) is 0 Å². The summed E-state index contributed by atoms with van der Waals surface area (Å²) in [6, 6.07) is 0. The van der Waals surface area contributed by atoms with Gasteiger partial charge in [-0.3, -0.25) is 14.4 Å². The third-order valence-electron chi connectivity index (χ3n) is 14.3. The molecule has 6 nitrogen and oxygen atoms in total. The predicted molar refractivity (Wildman–Crippen MR) is 312 cm³/mol. The van der Waals surface area contributed by atoms with Gasteiger partial charge in [0.05, 0.1) is 0 Å². The molecule has 0 aliphatic heterocycles. The van der Waals surface area contributed by atoms with Crippen molar-refractivity contribution in [1.29, 1.82) is 0 Å². The topological polar surface area (TPSA) is 78.9 Å². The largest absolute Gasteiger partial charge is 0.462 e. The molecule has 0 N–H and O–H groups in total. The number of unbranched alkanes of at least 4 members (excludes halogenated alkanes) is 42. The van der Waals surface area contributed by atoms with Crippen LogP contribution in [0.5, 0.6) is 0 Å². The Labute approximate surface area is 448 Å². The van der Waals surface area contributed by atoms with Crippen LogP contribution in [0.25, 0.3) is 0 Å². The van der Waals surface area contributed by atoms with E-state index >= 15 is 0 Å². The maximum Gasteiger partial charge on any atom is 0.306 e. The molecule has 0 heterocycles. The first-order valence-electron chi connectivity index (χ1n) is 32.0. The van der Waals surface area contributed by atoms with Crippen molar-refractivity contribution in [2.75, 3.05) is 13.2 Å². The van der Waals surface area contributed by atoms with Gasteiger partial charge in [0.1, 0.15) is 13.2 Å². The molecule has 0 rings (SSSR count). The number of hydrogen-bond acceptors (Lipinski definition) is 6.